The standard InChI is InChI=1S/C12H15Br2NO4S/c1-6-5-20(18,19)10-12(13,14)9(17)15(10)7(6)8(16)11(2,3)4/h10H,5H2,1-4H3/t10-/m0/s1. The van der Waals surface area contributed by atoms with Gasteiger partial charge < -0.3 is 0 Å². The van der Waals surface area contributed by atoms with E-state index in [1.54, 1.807) is 27.7 Å². The second-order valence-electron chi connectivity index (χ2n) is 6.17. The minimum absolute atomic E-state index is 0.211. The number of amides is 1. The van der Waals surface area contributed by atoms with Gasteiger partial charge in [0.05, 0.1) is 11.4 Å². The van der Waals surface area contributed by atoms with Gasteiger partial charge in [-0.1, -0.05) is 52.6 Å². The van der Waals surface area contributed by atoms with Crippen molar-refractivity contribution in [3.05, 3.63) is 11.3 Å². The van der Waals surface area contributed by atoms with Crippen molar-refractivity contribution in [2.45, 2.75) is 36.3 Å². The van der Waals surface area contributed by atoms with Crippen LogP contribution in [0.1, 0.15) is 27.7 Å². The molecule has 1 saturated heterocycles. The maximum Gasteiger partial charge on any atom is 0.259 e. The molecule has 2 aliphatic heterocycles. The van der Waals surface area contributed by atoms with Crippen LogP contribution in [0.15, 0.2) is 11.3 Å². The SMILES string of the molecule is CC1=C(C(=O)C(C)(C)C)N2C(=O)C(Br)(Br)[C@@H]2S(=O)(=O)C1. The van der Waals surface area contributed by atoms with Gasteiger partial charge in [-0.2, -0.15) is 0 Å². The summed E-state index contributed by atoms with van der Waals surface area (Å²) in [7, 11) is -3.52. The number of Topliss-reactive ketones (excluding diaryl/α,β-unsaturated/α-hetero) is 1. The fraction of sp³-hybridized carbons (Fsp3) is 0.667. The summed E-state index contributed by atoms with van der Waals surface area (Å²) >= 11 is 6.21. The molecule has 0 N–H and O–H groups in total. The van der Waals surface area contributed by atoms with Crippen LogP contribution >= 0.6 is 31.9 Å². The topological polar surface area (TPSA) is 71.5 Å². The molecule has 0 spiro atoms. The fourth-order valence-electron chi connectivity index (χ4n) is 2.39. The molecule has 2 rings (SSSR count). The van der Waals surface area contributed by atoms with E-state index in [4.69, 9.17) is 0 Å². The van der Waals surface area contributed by atoms with E-state index in [-0.39, 0.29) is 17.2 Å². The quantitative estimate of drug-likeness (QED) is 0.472. The highest BCUT2D eigenvalue weighted by Gasteiger charge is 2.67. The number of carbonyl (C=O) groups excluding carboxylic acids is 2. The van der Waals surface area contributed by atoms with Crippen molar-refractivity contribution < 1.29 is 18.0 Å². The molecule has 0 unspecified atom stereocenters. The summed E-state index contributed by atoms with van der Waals surface area (Å²) in [5.74, 6) is -0.895. The summed E-state index contributed by atoms with van der Waals surface area (Å²) < 4.78 is 23.1. The first-order chi connectivity index (χ1) is 8.82. The lowest BCUT2D eigenvalue weighted by molar-refractivity contribution is -0.142. The molecule has 0 radical (unpaired) electrons. The van der Waals surface area contributed by atoms with Gasteiger partial charge >= 0.3 is 0 Å². The summed E-state index contributed by atoms with van der Waals surface area (Å²) in [5, 5.41) is -1.08. The van der Waals surface area contributed by atoms with Gasteiger partial charge in [-0.3, -0.25) is 14.5 Å². The number of β-lactam (4-membered cyclic amide) rings is 1. The second kappa shape index (κ2) is 4.39. The van der Waals surface area contributed by atoms with Crippen molar-refractivity contribution in [1.82, 2.24) is 4.90 Å². The van der Waals surface area contributed by atoms with Gasteiger partial charge in [0.15, 0.2) is 24.2 Å². The molecule has 0 bridgehead atoms. The van der Waals surface area contributed by atoms with Gasteiger partial charge in [0.1, 0.15) is 0 Å². The van der Waals surface area contributed by atoms with E-state index in [0.29, 0.717) is 5.57 Å². The van der Waals surface area contributed by atoms with Gasteiger partial charge in [0.2, 0.25) is 0 Å². The lowest BCUT2D eigenvalue weighted by Gasteiger charge is -2.52. The molecule has 8 heteroatoms. The molecule has 0 aliphatic carbocycles. The maximum absolute atomic E-state index is 12.5. The molecule has 1 amide bonds. The molecule has 5 nitrogen and oxygen atoms in total. The predicted molar refractivity (Wildman–Crippen MR) is 82.2 cm³/mol. The second-order valence-corrected chi connectivity index (χ2v) is 11.8. The first kappa shape index (κ1) is 16.2. The molecule has 2 heterocycles. The lowest BCUT2D eigenvalue weighted by Crippen LogP contribution is -2.72. The number of allylic oxidation sites excluding steroid dienone is 1. The Morgan fingerprint density at radius 3 is 2.30 bits per heavy atom. The Hall–Kier alpha value is -0.210. The van der Waals surface area contributed by atoms with E-state index >= 15 is 0 Å². The molecule has 0 aromatic carbocycles. The number of ketones is 1. The van der Waals surface area contributed by atoms with Gasteiger partial charge in [-0.05, 0) is 12.5 Å². The largest absolute Gasteiger partial charge is 0.292 e. The molecular formula is C12H15Br2NO4S. The Labute approximate surface area is 134 Å². The summed E-state index contributed by atoms with van der Waals surface area (Å²) in [5.41, 5.74) is -0.0405. The zero-order chi connectivity index (χ0) is 15.7. The monoisotopic (exact) mass is 427 g/mol. The van der Waals surface area contributed by atoms with Crippen LogP contribution in [0.5, 0.6) is 0 Å². The van der Waals surface area contributed by atoms with Gasteiger partial charge in [0.25, 0.3) is 5.91 Å². The Bertz CT molecular complexity index is 643. The van der Waals surface area contributed by atoms with E-state index in [0.717, 1.165) is 4.90 Å². The number of carbonyl (C=O) groups is 2. The Morgan fingerprint density at radius 2 is 1.85 bits per heavy atom. The Kier molecular flexibility index (Phi) is 3.55. The molecule has 0 aromatic heterocycles. The number of nitrogens with zero attached hydrogens (tertiary/aromatic N) is 1. The van der Waals surface area contributed by atoms with E-state index in [1.807, 2.05) is 0 Å². The van der Waals surface area contributed by atoms with Crippen LogP contribution in [-0.2, 0) is 19.4 Å². The highest BCUT2D eigenvalue weighted by Crippen LogP contribution is 2.52. The first-order valence-electron chi connectivity index (χ1n) is 5.99. The van der Waals surface area contributed by atoms with Gasteiger partial charge in [0, 0.05) is 5.41 Å². The summed E-state index contributed by atoms with van der Waals surface area (Å²) in [6.07, 6.45) is 0. The predicted octanol–water partition coefficient (Wildman–Crippen LogP) is 1.96. The molecule has 1 fully saturated rings. The van der Waals surface area contributed by atoms with E-state index in [1.165, 1.54) is 0 Å². The molecule has 2 aliphatic rings. The van der Waals surface area contributed by atoms with Crippen molar-refractivity contribution in [1.29, 1.82) is 0 Å². The molecular weight excluding hydrogens is 414 g/mol. The molecule has 1 atom stereocenters. The van der Waals surface area contributed by atoms with Gasteiger partial charge in [-0.25, -0.2) is 8.42 Å². The minimum Gasteiger partial charge on any atom is -0.292 e. The van der Waals surface area contributed by atoms with Crippen LogP contribution in [0.25, 0.3) is 0 Å². The summed E-state index contributed by atoms with van der Waals surface area (Å²) in [4.78, 5) is 25.8. The maximum atomic E-state index is 12.5. The van der Waals surface area contributed by atoms with E-state index in [2.05, 4.69) is 31.9 Å². The van der Waals surface area contributed by atoms with Crippen LogP contribution in [0.4, 0.5) is 0 Å². The number of halogens is 2. The fourth-order valence-corrected chi connectivity index (χ4v) is 6.86. The highest BCUT2D eigenvalue weighted by atomic mass is 79.9. The third-order valence-corrected chi connectivity index (χ3v) is 7.58. The van der Waals surface area contributed by atoms with Crippen molar-refractivity contribution in [3.63, 3.8) is 0 Å². The zero-order valence-corrected chi connectivity index (χ0v) is 15.5. The number of rotatable bonds is 1. The van der Waals surface area contributed by atoms with Crippen LogP contribution in [-0.4, -0.2) is 39.4 Å². The van der Waals surface area contributed by atoms with Crippen LogP contribution < -0.4 is 0 Å². The molecule has 112 valence electrons. The van der Waals surface area contributed by atoms with Crippen LogP contribution in [0.2, 0.25) is 0 Å². The van der Waals surface area contributed by atoms with Crippen molar-refractivity contribution in [2.24, 2.45) is 5.41 Å². The number of hydrogen-bond donors (Lipinski definition) is 0. The molecule has 20 heavy (non-hydrogen) atoms. The number of alkyl halides is 2. The third-order valence-electron chi connectivity index (χ3n) is 3.35. The smallest absolute Gasteiger partial charge is 0.259 e. The van der Waals surface area contributed by atoms with E-state index < -0.39 is 29.8 Å². The average Bonchev–Trinajstić information content (AvgIpc) is 2.23. The zero-order valence-electron chi connectivity index (χ0n) is 11.5. The van der Waals surface area contributed by atoms with Crippen molar-refractivity contribution in [3.8, 4) is 0 Å². The Morgan fingerprint density at radius 1 is 1.35 bits per heavy atom. The lowest BCUT2D eigenvalue weighted by atomic mass is 9.86. The summed E-state index contributed by atoms with van der Waals surface area (Å²) in [6, 6.07) is 0. The average molecular weight is 429 g/mol. The van der Waals surface area contributed by atoms with Crippen LogP contribution in [0.3, 0.4) is 0 Å². The molecule has 0 saturated carbocycles. The Balaban J connectivity index is 2.60. The highest BCUT2D eigenvalue weighted by molar-refractivity contribution is 9.26. The van der Waals surface area contributed by atoms with Crippen molar-refractivity contribution >= 4 is 53.4 Å². The first-order valence-corrected chi connectivity index (χ1v) is 9.29. The number of fused-ring (bicyclic) bond motifs is 1. The van der Waals surface area contributed by atoms with Gasteiger partial charge in [-0.15, -0.1) is 0 Å². The van der Waals surface area contributed by atoms with E-state index in [9.17, 15) is 18.0 Å². The van der Waals surface area contributed by atoms with Crippen molar-refractivity contribution in [2.75, 3.05) is 5.75 Å². The number of hydrogen-bond acceptors (Lipinski definition) is 4. The third kappa shape index (κ3) is 2.11. The normalized spacial score (nSPS) is 28.0. The molecule has 0 aromatic rings. The summed E-state index contributed by atoms with van der Waals surface area (Å²) in [6.45, 7) is 6.82. The number of sulfone groups is 1. The van der Waals surface area contributed by atoms with Crippen LogP contribution in [0, 0.1) is 5.41 Å². The minimum atomic E-state index is -3.52.